The van der Waals surface area contributed by atoms with Gasteiger partial charge in [0.2, 0.25) is 0 Å². The molecule has 0 bridgehead atoms. The van der Waals surface area contributed by atoms with E-state index < -0.39 is 0 Å². The largest absolute Gasteiger partial charge is 0.507 e. The fourth-order valence-electron chi connectivity index (χ4n) is 3.79. The zero-order valence-electron chi connectivity index (χ0n) is 22.3. The minimum absolute atomic E-state index is 0.219. The summed E-state index contributed by atoms with van der Waals surface area (Å²) < 4.78 is 0. The first-order valence-corrected chi connectivity index (χ1v) is 12.5. The lowest BCUT2D eigenvalue weighted by Crippen LogP contribution is -2.30. The van der Waals surface area contributed by atoms with Crippen molar-refractivity contribution >= 4 is 23.4 Å². The van der Waals surface area contributed by atoms with Gasteiger partial charge in [-0.2, -0.15) is 0 Å². The molecule has 0 fully saturated rings. The van der Waals surface area contributed by atoms with E-state index in [-0.39, 0.29) is 34.3 Å². The number of pyridine rings is 1. The Morgan fingerprint density at radius 3 is 2.09 bits per heavy atom. The molecule has 192 valence electrons. The van der Waals surface area contributed by atoms with E-state index in [1.165, 1.54) is 19.3 Å². The maximum absolute atomic E-state index is 13.3. The van der Waals surface area contributed by atoms with E-state index in [1.807, 2.05) is 41.5 Å². The molecular formula is C28H42N4O3. The molecule has 0 aliphatic heterocycles. The maximum Gasteiger partial charge on any atom is 0.320 e. The second kappa shape index (κ2) is 12.0. The molecule has 7 nitrogen and oxygen atoms in total. The minimum Gasteiger partial charge on any atom is -0.507 e. The van der Waals surface area contributed by atoms with Crippen molar-refractivity contribution < 1.29 is 14.7 Å². The molecule has 3 amide bonds. The Morgan fingerprint density at radius 1 is 0.914 bits per heavy atom. The molecule has 4 N–H and O–H groups in total. The second-order valence-electron chi connectivity index (χ2n) is 11.1. The minimum atomic E-state index is -0.357. The molecule has 1 heterocycles. The summed E-state index contributed by atoms with van der Waals surface area (Å²) in [6, 6.07) is 6.50. The van der Waals surface area contributed by atoms with Gasteiger partial charge >= 0.3 is 6.03 Å². The van der Waals surface area contributed by atoms with Gasteiger partial charge in [-0.1, -0.05) is 74.1 Å². The number of aromatic nitrogens is 1. The number of carbonyl (C=O) groups is 2. The van der Waals surface area contributed by atoms with Crippen molar-refractivity contribution in [1.29, 1.82) is 0 Å². The Bertz CT molecular complexity index is 985. The number of amides is 3. The molecule has 0 aliphatic carbocycles. The number of hydrogen-bond donors (Lipinski definition) is 4. The first kappa shape index (κ1) is 28.1. The number of rotatable bonds is 9. The molecule has 0 saturated heterocycles. The van der Waals surface area contributed by atoms with E-state index >= 15 is 0 Å². The van der Waals surface area contributed by atoms with Crippen LogP contribution >= 0.6 is 0 Å². The number of urea groups is 1. The summed E-state index contributed by atoms with van der Waals surface area (Å²) in [5, 5.41) is 19.4. The third-order valence-electron chi connectivity index (χ3n) is 5.84. The number of nitrogens with zero attached hydrogens (tertiary/aromatic N) is 1. The number of anilines is 2. The first-order chi connectivity index (χ1) is 16.3. The Morgan fingerprint density at radius 2 is 1.51 bits per heavy atom. The highest BCUT2D eigenvalue weighted by Crippen LogP contribution is 2.40. The van der Waals surface area contributed by atoms with Gasteiger partial charge in [-0.15, -0.1) is 0 Å². The molecule has 35 heavy (non-hydrogen) atoms. The SMILES string of the molecule is CCCCCCCNC(=O)Nc1ncccc1NC(=O)c1cc(C(C)(C)C)c(O)c(C(C)(C)C)c1. The summed E-state index contributed by atoms with van der Waals surface area (Å²) in [5.41, 5.74) is 1.55. The Balaban J connectivity index is 2.19. The number of unbranched alkanes of at least 4 members (excludes halogenated alkanes) is 4. The van der Waals surface area contributed by atoms with Crippen molar-refractivity contribution in [2.75, 3.05) is 17.2 Å². The van der Waals surface area contributed by atoms with Crippen LogP contribution in [0.2, 0.25) is 0 Å². The normalized spacial score (nSPS) is 11.7. The summed E-state index contributed by atoms with van der Waals surface area (Å²) in [5.74, 6) is 0.153. The summed E-state index contributed by atoms with van der Waals surface area (Å²) in [6.45, 7) is 14.8. The molecule has 2 aromatic rings. The topological polar surface area (TPSA) is 103 Å². The number of phenols is 1. The molecular weight excluding hydrogens is 440 g/mol. The molecule has 0 unspecified atom stereocenters. The second-order valence-corrected chi connectivity index (χ2v) is 11.1. The monoisotopic (exact) mass is 482 g/mol. The third-order valence-corrected chi connectivity index (χ3v) is 5.84. The van der Waals surface area contributed by atoms with Gasteiger partial charge in [0.15, 0.2) is 5.82 Å². The maximum atomic E-state index is 13.3. The van der Waals surface area contributed by atoms with E-state index in [0.29, 0.717) is 28.9 Å². The van der Waals surface area contributed by atoms with E-state index in [1.54, 1.807) is 30.5 Å². The molecule has 0 atom stereocenters. The van der Waals surface area contributed by atoms with Gasteiger partial charge in [-0.3, -0.25) is 10.1 Å². The van der Waals surface area contributed by atoms with Crippen LogP contribution < -0.4 is 16.0 Å². The number of carbonyl (C=O) groups excluding carboxylic acids is 2. The molecule has 0 saturated carbocycles. The van der Waals surface area contributed by atoms with Crippen LogP contribution in [0, 0.1) is 0 Å². The zero-order chi connectivity index (χ0) is 26.2. The van der Waals surface area contributed by atoms with Gasteiger partial charge in [-0.25, -0.2) is 9.78 Å². The van der Waals surface area contributed by atoms with Crippen LogP contribution in [0.4, 0.5) is 16.3 Å². The zero-order valence-corrected chi connectivity index (χ0v) is 22.3. The molecule has 7 heteroatoms. The quantitative estimate of drug-likeness (QED) is 0.298. The Hall–Kier alpha value is -3.09. The number of nitrogens with one attached hydrogen (secondary N) is 3. The van der Waals surface area contributed by atoms with Crippen molar-refractivity contribution in [2.45, 2.75) is 91.4 Å². The van der Waals surface area contributed by atoms with Crippen molar-refractivity contribution in [3.8, 4) is 5.75 Å². The standard InChI is InChI=1S/C28H42N4O3/c1-8-9-10-11-12-15-30-26(35)32-24-22(14-13-16-29-24)31-25(34)19-17-20(27(2,3)4)23(33)21(18-19)28(5,6)7/h13-14,16-18,33H,8-12,15H2,1-7H3,(H,31,34)(H2,29,30,32,35). The number of phenolic OH excluding ortho intramolecular Hbond substituents is 1. The van der Waals surface area contributed by atoms with Crippen molar-refractivity contribution in [3.63, 3.8) is 0 Å². The lowest BCUT2D eigenvalue weighted by atomic mass is 9.78. The fraction of sp³-hybridized carbons (Fsp3) is 0.536. The highest BCUT2D eigenvalue weighted by Gasteiger charge is 2.28. The predicted molar refractivity (Wildman–Crippen MR) is 143 cm³/mol. The molecule has 1 aromatic heterocycles. The average Bonchev–Trinajstić information content (AvgIpc) is 2.76. The summed E-state index contributed by atoms with van der Waals surface area (Å²) >= 11 is 0. The summed E-state index contributed by atoms with van der Waals surface area (Å²) in [7, 11) is 0. The predicted octanol–water partition coefficient (Wildman–Crippen LogP) is 6.73. The number of benzene rings is 1. The number of aromatic hydroxyl groups is 1. The van der Waals surface area contributed by atoms with Gasteiger partial charge in [0.1, 0.15) is 5.75 Å². The van der Waals surface area contributed by atoms with Gasteiger partial charge in [0.25, 0.3) is 5.91 Å². The first-order valence-electron chi connectivity index (χ1n) is 12.5. The fourth-order valence-corrected chi connectivity index (χ4v) is 3.79. The molecule has 0 spiro atoms. The summed E-state index contributed by atoms with van der Waals surface area (Å²) in [6.07, 6.45) is 7.12. The van der Waals surface area contributed by atoms with Crippen molar-refractivity contribution in [1.82, 2.24) is 10.3 Å². The van der Waals surface area contributed by atoms with Crippen LogP contribution in [0.1, 0.15) is 102 Å². The smallest absolute Gasteiger partial charge is 0.320 e. The Labute approximate surface area is 210 Å². The summed E-state index contributed by atoms with van der Waals surface area (Å²) in [4.78, 5) is 29.9. The van der Waals surface area contributed by atoms with Gasteiger partial charge in [0, 0.05) is 29.4 Å². The average molecular weight is 483 g/mol. The molecule has 0 radical (unpaired) electrons. The van der Waals surface area contributed by atoms with Gasteiger partial charge in [-0.05, 0) is 41.5 Å². The molecule has 1 aromatic carbocycles. The van der Waals surface area contributed by atoms with E-state index in [2.05, 4.69) is 27.9 Å². The highest BCUT2D eigenvalue weighted by molar-refractivity contribution is 6.07. The van der Waals surface area contributed by atoms with E-state index in [9.17, 15) is 14.7 Å². The van der Waals surface area contributed by atoms with Gasteiger partial charge in [0.05, 0.1) is 5.69 Å². The highest BCUT2D eigenvalue weighted by atomic mass is 16.3. The lowest BCUT2D eigenvalue weighted by Gasteiger charge is -2.28. The molecule has 2 rings (SSSR count). The van der Waals surface area contributed by atoms with Crippen molar-refractivity contribution in [3.05, 3.63) is 47.2 Å². The van der Waals surface area contributed by atoms with Crippen LogP contribution in [0.3, 0.4) is 0 Å². The van der Waals surface area contributed by atoms with Gasteiger partial charge < -0.3 is 15.7 Å². The van der Waals surface area contributed by atoms with E-state index in [0.717, 1.165) is 12.8 Å². The third kappa shape index (κ3) is 8.26. The van der Waals surface area contributed by atoms with Crippen LogP contribution in [0.5, 0.6) is 5.75 Å². The van der Waals surface area contributed by atoms with Crippen LogP contribution in [0.25, 0.3) is 0 Å². The van der Waals surface area contributed by atoms with Crippen LogP contribution in [-0.2, 0) is 10.8 Å². The molecule has 0 aliphatic rings. The van der Waals surface area contributed by atoms with Crippen LogP contribution in [-0.4, -0.2) is 28.6 Å². The van der Waals surface area contributed by atoms with E-state index in [4.69, 9.17) is 0 Å². The van der Waals surface area contributed by atoms with Crippen molar-refractivity contribution in [2.24, 2.45) is 0 Å². The number of hydrogen-bond acceptors (Lipinski definition) is 4. The lowest BCUT2D eigenvalue weighted by molar-refractivity contribution is 0.102. The Kier molecular flexibility index (Phi) is 9.69. The van der Waals surface area contributed by atoms with Crippen LogP contribution in [0.15, 0.2) is 30.5 Å².